The lowest BCUT2D eigenvalue weighted by molar-refractivity contribution is 0.168. The summed E-state index contributed by atoms with van der Waals surface area (Å²) in [6.07, 6.45) is 1.99. The monoisotopic (exact) mass is 238 g/mol. The first kappa shape index (κ1) is 11.5. The molecule has 1 aromatic rings. The van der Waals surface area contributed by atoms with Crippen molar-refractivity contribution in [2.45, 2.75) is 32.7 Å². The fraction of sp³-hybridized carbons (Fsp3) is 0.583. The topological polar surface area (TPSA) is 32.3 Å². The van der Waals surface area contributed by atoms with Gasteiger partial charge in [-0.25, -0.2) is 4.79 Å². The largest absolute Gasteiger partial charge is 0.338 e. The number of carbonyl (C=O) groups excluding carboxylic acids is 1. The molecule has 0 spiro atoms. The molecule has 3 nitrogen and oxygen atoms in total. The van der Waals surface area contributed by atoms with Crippen molar-refractivity contribution in [3.63, 3.8) is 0 Å². The predicted octanol–water partition coefficient (Wildman–Crippen LogP) is 2.79. The molecule has 0 saturated heterocycles. The van der Waals surface area contributed by atoms with Crippen LogP contribution in [0.2, 0.25) is 0 Å². The fourth-order valence-corrected chi connectivity index (χ4v) is 3.26. The number of hydrogen-bond acceptors (Lipinski definition) is 2. The van der Waals surface area contributed by atoms with E-state index in [-0.39, 0.29) is 12.1 Å². The van der Waals surface area contributed by atoms with E-state index in [0.717, 1.165) is 19.4 Å². The Labute approximate surface area is 100 Å². The van der Waals surface area contributed by atoms with Gasteiger partial charge >= 0.3 is 6.03 Å². The summed E-state index contributed by atoms with van der Waals surface area (Å²) >= 11 is 1.81. The van der Waals surface area contributed by atoms with Gasteiger partial charge in [0.25, 0.3) is 0 Å². The molecule has 0 aromatic carbocycles. The zero-order chi connectivity index (χ0) is 11.5. The predicted molar refractivity (Wildman–Crippen MR) is 66.8 cm³/mol. The Bertz CT molecular complexity index is 375. The Kier molecular flexibility index (Phi) is 3.49. The summed E-state index contributed by atoms with van der Waals surface area (Å²) in [6.45, 7) is 5.64. The van der Waals surface area contributed by atoms with Crippen molar-refractivity contribution in [2.24, 2.45) is 0 Å². The minimum absolute atomic E-state index is 0.0752. The molecule has 2 heterocycles. The first-order valence-electron chi connectivity index (χ1n) is 5.88. The molecule has 1 aliphatic rings. The molecule has 88 valence electrons. The van der Waals surface area contributed by atoms with Gasteiger partial charge < -0.3 is 10.2 Å². The van der Waals surface area contributed by atoms with E-state index >= 15 is 0 Å². The molecule has 0 bridgehead atoms. The third-order valence-corrected chi connectivity index (χ3v) is 4.07. The molecule has 0 radical (unpaired) electrons. The van der Waals surface area contributed by atoms with Gasteiger partial charge in [0.05, 0.1) is 6.04 Å². The molecule has 0 saturated carbocycles. The standard InChI is InChI=1S/C12H18N2OS/c1-3-10-9-6-8-16-11(9)5-7-14(10)12(15)13-4-2/h6,8,10H,3-5,7H2,1-2H3,(H,13,15). The van der Waals surface area contributed by atoms with Crippen LogP contribution in [0.4, 0.5) is 4.79 Å². The van der Waals surface area contributed by atoms with Crippen LogP contribution in [0.1, 0.15) is 36.8 Å². The fourth-order valence-electron chi connectivity index (χ4n) is 2.33. The van der Waals surface area contributed by atoms with Crippen LogP contribution in [0.25, 0.3) is 0 Å². The molecule has 2 rings (SSSR count). The lowest BCUT2D eigenvalue weighted by Gasteiger charge is -2.35. The van der Waals surface area contributed by atoms with Gasteiger partial charge in [-0.15, -0.1) is 11.3 Å². The van der Waals surface area contributed by atoms with Gasteiger partial charge in [-0.05, 0) is 36.8 Å². The number of nitrogens with zero attached hydrogens (tertiary/aromatic N) is 1. The normalized spacial score (nSPS) is 19.4. The first-order chi connectivity index (χ1) is 7.77. The number of urea groups is 1. The number of amides is 2. The molecular weight excluding hydrogens is 220 g/mol. The minimum atomic E-state index is 0.0752. The van der Waals surface area contributed by atoms with Crippen molar-refractivity contribution >= 4 is 17.4 Å². The summed E-state index contributed by atoms with van der Waals surface area (Å²) < 4.78 is 0. The van der Waals surface area contributed by atoms with E-state index in [1.807, 2.05) is 23.2 Å². The summed E-state index contributed by atoms with van der Waals surface area (Å²) in [5, 5.41) is 5.03. The van der Waals surface area contributed by atoms with Crippen LogP contribution < -0.4 is 5.32 Å². The van der Waals surface area contributed by atoms with Gasteiger partial charge in [0, 0.05) is 18.0 Å². The zero-order valence-electron chi connectivity index (χ0n) is 9.82. The Hall–Kier alpha value is -1.03. The molecule has 4 heteroatoms. The van der Waals surface area contributed by atoms with Gasteiger partial charge in [0.15, 0.2) is 0 Å². The van der Waals surface area contributed by atoms with E-state index in [9.17, 15) is 4.79 Å². The van der Waals surface area contributed by atoms with Crippen LogP contribution in [0.15, 0.2) is 11.4 Å². The van der Waals surface area contributed by atoms with Crippen molar-refractivity contribution < 1.29 is 4.79 Å². The van der Waals surface area contributed by atoms with E-state index in [0.29, 0.717) is 6.54 Å². The molecular formula is C12H18N2OS. The average Bonchev–Trinajstić information content (AvgIpc) is 2.75. The van der Waals surface area contributed by atoms with E-state index in [4.69, 9.17) is 0 Å². The van der Waals surface area contributed by atoms with Gasteiger partial charge in [0.1, 0.15) is 0 Å². The summed E-state index contributed by atoms with van der Waals surface area (Å²) in [7, 11) is 0. The van der Waals surface area contributed by atoms with E-state index in [2.05, 4.69) is 23.7 Å². The highest BCUT2D eigenvalue weighted by molar-refractivity contribution is 7.10. The number of nitrogens with one attached hydrogen (secondary N) is 1. The number of rotatable bonds is 2. The molecule has 1 aromatic heterocycles. The molecule has 2 amide bonds. The van der Waals surface area contributed by atoms with Crippen LogP contribution >= 0.6 is 11.3 Å². The van der Waals surface area contributed by atoms with Gasteiger partial charge in [-0.2, -0.15) is 0 Å². The Morgan fingerprint density at radius 2 is 2.44 bits per heavy atom. The maximum absolute atomic E-state index is 11.9. The van der Waals surface area contributed by atoms with Crippen molar-refractivity contribution in [3.05, 3.63) is 21.9 Å². The Balaban J connectivity index is 2.21. The number of carbonyl (C=O) groups is 1. The average molecular weight is 238 g/mol. The lowest BCUT2D eigenvalue weighted by Crippen LogP contribution is -2.45. The second kappa shape index (κ2) is 4.87. The van der Waals surface area contributed by atoms with Gasteiger partial charge in [0.2, 0.25) is 0 Å². The molecule has 16 heavy (non-hydrogen) atoms. The molecule has 0 aliphatic carbocycles. The Morgan fingerprint density at radius 3 is 3.12 bits per heavy atom. The highest BCUT2D eigenvalue weighted by atomic mass is 32.1. The second-order valence-electron chi connectivity index (χ2n) is 4.00. The first-order valence-corrected chi connectivity index (χ1v) is 6.76. The second-order valence-corrected chi connectivity index (χ2v) is 5.00. The quantitative estimate of drug-likeness (QED) is 0.844. The van der Waals surface area contributed by atoms with Gasteiger partial charge in [-0.1, -0.05) is 6.92 Å². The van der Waals surface area contributed by atoms with Crippen molar-refractivity contribution in [3.8, 4) is 0 Å². The van der Waals surface area contributed by atoms with Crippen molar-refractivity contribution in [2.75, 3.05) is 13.1 Å². The van der Waals surface area contributed by atoms with E-state index < -0.39 is 0 Å². The summed E-state index contributed by atoms with van der Waals surface area (Å²) in [5.41, 5.74) is 1.35. The summed E-state index contributed by atoms with van der Waals surface area (Å²) in [5.74, 6) is 0. The highest BCUT2D eigenvalue weighted by Crippen LogP contribution is 2.34. The van der Waals surface area contributed by atoms with Crippen LogP contribution in [0, 0.1) is 0 Å². The third-order valence-electron chi connectivity index (χ3n) is 3.07. The summed E-state index contributed by atoms with van der Waals surface area (Å²) in [4.78, 5) is 15.3. The van der Waals surface area contributed by atoms with E-state index in [1.165, 1.54) is 10.4 Å². The highest BCUT2D eigenvalue weighted by Gasteiger charge is 2.29. The van der Waals surface area contributed by atoms with Crippen molar-refractivity contribution in [1.82, 2.24) is 10.2 Å². The SMILES string of the molecule is CCNC(=O)N1CCc2sccc2C1CC. The van der Waals surface area contributed by atoms with Crippen molar-refractivity contribution in [1.29, 1.82) is 0 Å². The number of thiophene rings is 1. The smallest absolute Gasteiger partial charge is 0.317 e. The number of hydrogen-bond donors (Lipinski definition) is 1. The lowest BCUT2D eigenvalue weighted by atomic mass is 9.98. The third kappa shape index (κ3) is 1.94. The molecule has 0 fully saturated rings. The van der Waals surface area contributed by atoms with Crippen LogP contribution in [0.3, 0.4) is 0 Å². The van der Waals surface area contributed by atoms with Crippen LogP contribution in [0.5, 0.6) is 0 Å². The molecule has 1 atom stereocenters. The van der Waals surface area contributed by atoms with Gasteiger partial charge in [-0.3, -0.25) is 0 Å². The van der Waals surface area contributed by atoms with Crippen LogP contribution in [-0.4, -0.2) is 24.0 Å². The maximum atomic E-state index is 11.9. The summed E-state index contributed by atoms with van der Waals surface area (Å²) in [6, 6.07) is 2.51. The maximum Gasteiger partial charge on any atom is 0.317 e. The van der Waals surface area contributed by atoms with E-state index in [1.54, 1.807) is 0 Å². The molecule has 1 N–H and O–H groups in total. The minimum Gasteiger partial charge on any atom is -0.338 e. The molecule has 1 unspecified atom stereocenters. The van der Waals surface area contributed by atoms with Crippen LogP contribution in [-0.2, 0) is 6.42 Å². The Morgan fingerprint density at radius 1 is 1.62 bits per heavy atom. The molecule has 1 aliphatic heterocycles. The zero-order valence-corrected chi connectivity index (χ0v) is 10.6. The number of fused-ring (bicyclic) bond motifs is 1.